The fraction of sp³-hybridized carbons (Fsp3) is 0.583. The van der Waals surface area contributed by atoms with Gasteiger partial charge in [0, 0.05) is 38.6 Å². The van der Waals surface area contributed by atoms with E-state index in [1.807, 2.05) is 6.92 Å². The Bertz CT molecular complexity index is 400. The van der Waals surface area contributed by atoms with Crippen molar-refractivity contribution >= 4 is 12.0 Å². The van der Waals surface area contributed by atoms with Crippen LogP contribution in [0.25, 0.3) is 0 Å². The maximum Gasteiger partial charge on any atom is 0.317 e. The van der Waals surface area contributed by atoms with Gasteiger partial charge in [0.15, 0.2) is 0 Å². The predicted molar refractivity (Wildman–Crippen MR) is 70.9 cm³/mol. The summed E-state index contributed by atoms with van der Waals surface area (Å²) in [6, 6.07) is 1.71. The quantitative estimate of drug-likeness (QED) is 0.766. The highest BCUT2D eigenvalue weighted by Crippen LogP contribution is 2.03. The Kier molecular flexibility index (Phi) is 4.91. The maximum atomic E-state index is 11.9. The average molecular weight is 265 g/mol. The molecule has 0 radical (unpaired) electrons. The van der Waals surface area contributed by atoms with Gasteiger partial charge in [-0.15, -0.1) is 0 Å². The summed E-state index contributed by atoms with van der Waals surface area (Å²) in [5.74, 6) is 0.566. The molecule has 0 aromatic carbocycles. The average Bonchev–Trinajstić information content (AvgIpc) is 2.44. The minimum Gasteiger partial charge on any atom is -0.375 e. The number of rotatable bonds is 4. The van der Waals surface area contributed by atoms with Crippen molar-refractivity contribution in [2.75, 3.05) is 38.1 Å². The standard InChI is InChI=1S/C12H19N5O2/c1-10-9-17(7-8-19-10)12(18)16-6-5-15-11-13-3-2-4-14-11/h2-4,10H,5-9H2,1H3,(H,16,18)(H,13,14,15)/t10-/m0/s1. The molecule has 0 saturated carbocycles. The van der Waals surface area contributed by atoms with Gasteiger partial charge in [-0.05, 0) is 13.0 Å². The van der Waals surface area contributed by atoms with Crippen LogP contribution < -0.4 is 10.6 Å². The highest BCUT2D eigenvalue weighted by atomic mass is 16.5. The lowest BCUT2D eigenvalue weighted by Gasteiger charge is -2.31. The fourth-order valence-electron chi connectivity index (χ4n) is 1.85. The van der Waals surface area contributed by atoms with Crippen LogP contribution in [0, 0.1) is 0 Å². The van der Waals surface area contributed by atoms with E-state index in [0.29, 0.717) is 38.7 Å². The molecule has 1 aromatic heterocycles. The number of ether oxygens (including phenoxy) is 1. The molecule has 2 amide bonds. The molecule has 0 bridgehead atoms. The zero-order valence-electron chi connectivity index (χ0n) is 11.0. The Labute approximate surface area is 112 Å². The topological polar surface area (TPSA) is 79.4 Å². The van der Waals surface area contributed by atoms with Gasteiger partial charge in [0.05, 0.1) is 12.7 Å². The molecule has 7 nitrogen and oxygen atoms in total. The number of hydrogen-bond donors (Lipinski definition) is 2. The number of hydrogen-bond acceptors (Lipinski definition) is 5. The lowest BCUT2D eigenvalue weighted by molar-refractivity contribution is -0.00340. The van der Waals surface area contributed by atoms with Crippen molar-refractivity contribution in [2.24, 2.45) is 0 Å². The van der Waals surface area contributed by atoms with Crippen molar-refractivity contribution in [2.45, 2.75) is 13.0 Å². The normalized spacial score (nSPS) is 19.0. The van der Waals surface area contributed by atoms with Crippen molar-refractivity contribution < 1.29 is 9.53 Å². The number of aromatic nitrogens is 2. The Morgan fingerprint density at radius 3 is 3.00 bits per heavy atom. The molecule has 0 spiro atoms. The summed E-state index contributed by atoms with van der Waals surface area (Å²) in [5, 5.41) is 5.89. The van der Waals surface area contributed by atoms with Crippen LogP contribution in [0.2, 0.25) is 0 Å². The molecule has 1 aliphatic rings. The second kappa shape index (κ2) is 6.89. The van der Waals surface area contributed by atoms with Gasteiger partial charge in [0.1, 0.15) is 0 Å². The molecule has 7 heteroatoms. The van der Waals surface area contributed by atoms with Gasteiger partial charge in [-0.25, -0.2) is 14.8 Å². The molecule has 2 rings (SSSR count). The Morgan fingerprint density at radius 1 is 1.47 bits per heavy atom. The molecule has 1 saturated heterocycles. The van der Waals surface area contributed by atoms with E-state index >= 15 is 0 Å². The first kappa shape index (κ1) is 13.5. The molecule has 1 aromatic rings. The number of carbonyl (C=O) groups is 1. The molecule has 2 heterocycles. The van der Waals surface area contributed by atoms with Crippen LogP contribution in [-0.2, 0) is 4.74 Å². The van der Waals surface area contributed by atoms with E-state index in [1.54, 1.807) is 23.4 Å². The van der Waals surface area contributed by atoms with Crippen molar-refractivity contribution in [1.82, 2.24) is 20.2 Å². The van der Waals surface area contributed by atoms with Gasteiger partial charge in [-0.2, -0.15) is 0 Å². The van der Waals surface area contributed by atoms with E-state index in [4.69, 9.17) is 4.74 Å². The minimum atomic E-state index is -0.0501. The summed E-state index contributed by atoms with van der Waals surface area (Å²) in [6.07, 6.45) is 3.45. The highest BCUT2D eigenvalue weighted by Gasteiger charge is 2.20. The lowest BCUT2D eigenvalue weighted by atomic mass is 10.3. The second-order valence-corrected chi connectivity index (χ2v) is 4.36. The van der Waals surface area contributed by atoms with Gasteiger partial charge in [-0.3, -0.25) is 0 Å². The molecule has 19 heavy (non-hydrogen) atoms. The van der Waals surface area contributed by atoms with E-state index in [-0.39, 0.29) is 12.1 Å². The molecular formula is C12H19N5O2. The van der Waals surface area contributed by atoms with E-state index < -0.39 is 0 Å². The van der Waals surface area contributed by atoms with E-state index in [0.717, 1.165) is 0 Å². The molecule has 2 N–H and O–H groups in total. The smallest absolute Gasteiger partial charge is 0.317 e. The third-order valence-corrected chi connectivity index (χ3v) is 2.78. The zero-order chi connectivity index (χ0) is 13.5. The number of morpholine rings is 1. The summed E-state index contributed by atoms with van der Waals surface area (Å²) in [7, 11) is 0. The minimum absolute atomic E-state index is 0.0501. The summed E-state index contributed by atoms with van der Waals surface area (Å²) in [5.41, 5.74) is 0. The zero-order valence-corrected chi connectivity index (χ0v) is 11.0. The van der Waals surface area contributed by atoms with Gasteiger partial charge in [-0.1, -0.05) is 0 Å². The number of nitrogens with zero attached hydrogens (tertiary/aromatic N) is 3. The summed E-state index contributed by atoms with van der Waals surface area (Å²) < 4.78 is 5.39. The molecule has 104 valence electrons. The van der Waals surface area contributed by atoms with Crippen LogP contribution in [0.4, 0.5) is 10.7 Å². The SMILES string of the molecule is C[C@H]1CN(C(=O)NCCNc2ncccn2)CCO1. The van der Waals surface area contributed by atoms with Crippen molar-refractivity contribution in [1.29, 1.82) is 0 Å². The monoisotopic (exact) mass is 265 g/mol. The molecule has 0 unspecified atom stereocenters. The van der Waals surface area contributed by atoms with Crippen LogP contribution in [0.1, 0.15) is 6.92 Å². The number of carbonyl (C=O) groups excluding carboxylic acids is 1. The number of urea groups is 1. The van der Waals surface area contributed by atoms with Gasteiger partial charge >= 0.3 is 6.03 Å². The van der Waals surface area contributed by atoms with Crippen LogP contribution >= 0.6 is 0 Å². The molecule has 1 fully saturated rings. The van der Waals surface area contributed by atoms with E-state index in [9.17, 15) is 4.79 Å². The van der Waals surface area contributed by atoms with Gasteiger partial charge < -0.3 is 20.3 Å². The van der Waals surface area contributed by atoms with Crippen molar-refractivity contribution in [3.63, 3.8) is 0 Å². The third kappa shape index (κ3) is 4.36. The lowest BCUT2D eigenvalue weighted by Crippen LogP contribution is -2.49. The Balaban J connectivity index is 1.64. The Hall–Kier alpha value is -1.89. The van der Waals surface area contributed by atoms with E-state index in [2.05, 4.69) is 20.6 Å². The maximum absolute atomic E-state index is 11.9. The van der Waals surface area contributed by atoms with Crippen molar-refractivity contribution in [3.8, 4) is 0 Å². The van der Waals surface area contributed by atoms with Crippen molar-refractivity contribution in [3.05, 3.63) is 18.5 Å². The van der Waals surface area contributed by atoms with Crippen LogP contribution in [0.5, 0.6) is 0 Å². The highest BCUT2D eigenvalue weighted by molar-refractivity contribution is 5.74. The first-order chi connectivity index (χ1) is 9.25. The van der Waals surface area contributed by atoms with Crippen LogP contribution in [0.15, 0.2) is 18.5 Å². The first-order valence-corrected chi connectivity index (χ1v) is 6.41. The van der Waals surface area contributed by atoms with Gasteiger partial charge in [0.25, 0.3) is 0 Å². The Morgan fingerprint density at radius 2 is 2.26 bits per heavy atom. The van der Waals surface area contributed by atoms with E-state index in [1.165, 1.54) is 0 Å². The van der Waals surface area contributed by atoms with Crippen LogP contribution in [-0.4, -0.2) is 59.8 Å². The third-order valence-electron chi connectivity index (χ3n) is 2.78. The summed E-state index contributed by atoms with van der Waals surface area (Å²) >= 11 is 0. The predicted octanol–water partition coefficient (Wildman–Crippen LogP) is 0.319. The molecule has 1 atom stereocenters. The first-order valence-electron chi connectivity index (χ1n) is 6.41. The number of anilines is 1. The largest absolute Gasteiger partial charge is 0.375 e. The summed E-state index contributed by atoms with van der Waals surface area (Å²) in [4.78, 5) is 21.7. The number of amides is 2. The molecular weight excluding hydrogens is 246 g/mol. The van der Waals surface area contributed by atoms with Crippen LogP contribution in [0.3, 0.4) is 0 Å². The fourth-order valence-corrected chi connectivity index (χ4v) is 1.85. The molecule has 1 aliphatic heterocycles. The number of nitrogens with one attached hydrogen (secondary N) is 2. The molecule has 0 aliphatic carbocycles. The summed E-state index contributed by atoms with van der Waals surface area (Å²) in [6.45, 7) is 4.98. The van der Waals surface area contributed by atoms with Gasteiger partial charge in [0.2, 0.25) is 5.95 Å². The second-order valence-electron chi connectivity index (χ2n) is 4.36.